The van der Waals surface area contributed by atoms with Crippen LogP contribution in [0.4, 0.5) is 10.1 Å². The molecule has 0 spiro atoms. The van der Waals surface area contributed by atoms with Crippen LogP contribution in [0.15, 0.2) is 48.5 Å². The molecule has 1 heterocycles. The summed E-state index contributed by atoms with van der Waals surface area (Å²) < 4.78 is 13.8. The molecule has 0 unspecified atom stereocenters. The zero-order chi connectivity index (χ0) is 21.0. The lowest BCUT2D eigenvalue weighted by Crippen LogP contribution is -2.47. The number of nitrogens with zero attached hydrogens (tertiary/aromatic N) is 1. The van der Waals surface area contributed by atoms with Gasteiger partial charge in [-0.15, -0.1) is 0 Å². The SMILES string of the molecule is CC(C)NC(=O)[C@@H]1CCCN1C(=O)c1cccc(NC(=O)c2ccccc2F)c1. The molecule has 1 aliphatic heterocycles. The highest BCUT2D eigenvalue weighted by Crippen LogP contribution is 2.22. The summed E-state index contributed by atoms with van der Waals surface area (Å²) in [5.74, 6) is -1.64. The van der Waals surface area contributed by atoms with E-state index < -0.39 is 17.8 Å². The van der Waals surface area contributed by atoms with Crippen molar-refractivity contribution in [2.45, 2.75) is 38.8 Å². The van der Waals surface area contributed by atoms with Crippen LogP contribution in [0.2, 0.25) is 0 Å². The molecule has 1 fully saturated rings. The third-order valence-corrected chi connectivity index (χ3v) is 4.73. The predicted octanol–water partition coefficient (Wildman–Crippen LogP) is 3.21. The van der Waals surface area contributed by atoms with Crippen molar-refractivity contribution in [3.05, 3.63) is 65.5 Å². The van der Waals surface area contributed by atoms with Crippen LogP contribution in [0, 0.1) is 5.82 Å². The first-order valence-corrected chi connectivity index (χ1v) is 9.64. The number of amides is 3. The Labute approximate surface area is 169 Å². The first kappa shape index (κ1) is 20.5. The summed E-state index contributed by atoms with van der Waals surface area (Å²) in [5, 5.41) is 5.47. The molecule has 3 rings (SSSR count). The Hall–Kier alpha value is -3.22. The van der Waals surface area contributed by atoms with Gasteiger partial charge in [0.2, 0.25) is 5.91 Å². The Morgan fingerprint density at radius 1 is 1.10 bits per heavy atom. The molecule has 0 radical (unpaired) electrons. The van der Waals surface area contributed by atoms with E-state index in [9.17, 15) is 18.8 Å². The van der Waals surface area contributed by atoms with Crippen molar-refractivity contribution in [2.24, 2.45) is 0 Å². The van der Waals surface area contributed by atoms with Gasteiger partial charge in [-0.3, -0.25) is 14.4 Å². The number of carbonyl (C=O) groups is 3. The van der Waals surface area contributed by atoms with Gasteiger partial charge in [0.15, 0.2) is 0 Å². The van der Waals surface area contributed by atoms with Crippen LogP contribution in [0.25, 0.3) is 0 Å². The van der Waals surface area contributed by atoms with Gasteiger partial charge in [-0.05, 0) is 57.0 Å². The van der Waals surface area contributed by atoms with E-state index in [0.29, 0.717) is 24.2 Å². The molecule has 6 nitrogen and oxygen atoms in total. The summed E-state index contributed by atoms with van der Waals surface area (Å²) in [6.07, 6.45) is 1.37. The lowest BCUT2D eigenvalue weighted by molar-refractivity contribution is -0.125. The van der Waals surface area contributed by atoms with Crippen molar-refractivity contribution in [3.8, 4) is 0 Å². The van der Waals surface area contributed by atoms with Crippen LogP contribution >= 0.6 is 0 Å². The third-order valence-electron chi connectivity index (χ3n) is 4.73. The van der Waals surface area contributed by atoms with E-state index in [-0.39, 0.29) is 23.4 Å². The predicted molar refractivity (Wildman–Crippen MR) is 108 cm³/mol. The van der Waals surface area contributed by atoms with Gasteiger partial charge in [0.1, 0.15) is 11.9 Å². The van der Waals surface area contributed by atoms with E-state index in [1.807, 2.05) is 13.8 Å². The topological polar surface area (TPSA) is 78.5 Å². The zero-order valence-corrected chi connectivity index (χ0v) is 16.4. The number of halogens is 1. The molecule has 2 N–H and O–H groups in total. The number of rotatable bonds is 5. The summed E-state index contributed by atoms with van der Waals surface area (Å²) in [7, 11) is 0. The van der Waals surface area contributed by atoms with Crippen LogP contribution in [-0.2, 0) is 4.79 Å². The lowest BCUT2D eigenvalue weighted by atomic mass is 10.1. The third kappa shape index (κ3) is 4.80. The summed E-state index contributed by atoms with van der Waals surface area (Å²) in [6, 6.07) is 11.6. The fourth-order valence-corrected chi connectivity index (χ4v) is 3.40. The minimum atomic E-state index is -0.617. The molecule has 2 aromatic rings. The van der Waals surface area contributed by atoms with Gasteiger partial charge in [0.05, 0.1) is 5.56 Å². The molecule has 2 aromatic carbocycles. The van der Waals surface area contributed by atoms with Gasteiger partial charge in [0, 0.05) is 23.8 Å². The summed E-state index contributed by atoms with van der Waals surface area (Å²) in [5.41, 5.74) is 0.668. The maximum atomic E-state index is 13.8. The van der Waals surface area contributed by atoms with Crippen molar-refractivity contribution in [1.82, 2.24) is 10.2 Å². The second kappa shape index (κ2) is 8.86. The van der Waals surface area contributed by atoms with Gasteiger partial charge in [-0.25, -0.2) is 4.39 Å². The highest BCUT2D eigenvalue weighted by Gasteiger charge is 2.34. The molecule has 3 amide bonds. The first-order valence-electron chi connectivity index (χ1n) is 9.64. The first-order chi connectivity index (χ1) is 13.9. The van der Waals surface area contributed by atoms with Crippen LogP contribution in [0.1, 0.15) is 47.4 Å². The van der Waals surface area contributed by atoms with Gasteiger partial charge in [-0.2, -0.15) is 0 Å². The van der Waals surface area contributed by atoms with Crippen LogP contribution < -0.4 is 10.6 Å². The average Bonchev–Trinajstić information content (AvgIpc) is 3.17. The number of nitrogens with one attached hydrogen (secondary N) is 2. The highest BCUT2D eigenvalue weighted by atomic mass is 19.1. The van der Waals surface area contributed by atoms with Crippen LogP contribution in [-0.4, -0.2) is 41.2 Å². The molecule has 0 bridgehead atoms. The Morgan fingerprint density at radius 3 is 2.59 bits per heavy atom. The zero-order valence-electron chi connectivity index (χ0n) is 16.4. The van der Waals surface area contributed by atoms with Crippen LogP contribution in [0.5, 0.6) is 0 Å². The normalized spacial score (nSPS) is 16.0. The molecular weight excluding hydrogens is 373 g/mol. The Balaban J connectivity index is 1.75. The standard InChI is InChI=1S/C22H24FN3O3/c1-14(2)24-21(28)19-11-6-12-26(19)22(29)15-7-5-8-16(13-15)25-20(27)17-9-3-4-10-18(17)23/h3-5,7-10,13-14,19H,6,11-12H2,1-2H3,(H,24,28)(H,25,27)/t19-/m0/s1. The fraction of sp³-hybridized carbons (Fsp3) is 0.318. The maximum absolute atomic E-state index is 13.8. The van der Waals surface area contributed by atoms with Crippen molar-refractivity contribution >= 4 is 23.4 Å². The largest absolute Gasteiger partial charge is 0.352 e. The van der Waals surface area contributed by atoms with Crippen LogP contribution in [0.3, 0.4) is 0 Å². The number of benzene rings is 2. The molecule has 1 saturated heterocycles. The quantitative estimate of drug-likeness (QED) is 0.813. The van der Waals surface area contributed by atoms with Gasteiger partial charge >= 0.3 is 0 Å². The maximum Gasteiger partial charge on any atom is 0.258 e. The van der Waals surface area contributed by atoms with E-state index in [1.54, 1.807) is 29.2 Å². The summed E-state index contributed by atoms with van der Waals surface area (Å²) >= 11 is 0. The van der Waals surface area contributed by atoms with E-state index in [4.69, 9.17) is 0 Å². The molecule has 0 aromatic heterocycles. The highest BCUT2D eigenvalue weighted by molar-refractivity contribution is 6.05. The van der Waals surface area contributed by atoms with Crippen molar-refractivity contribution in [2.75, 3.05) is 11.9 Å². The monoisotopic (exact) mass is 397 g/mol. The van der Waals surface area contributed by atoms with E-state index >= 15 is 0 Å². The Kier molecular flexibility index (Phi) is 6.26. The van der Waals surface area contributed by atoms with Gasteiger partial charge in [0.25, 0.3) is 11.8 Å². The molecule has 152 valence electrons. The number of hydrogen-bond donors (Lipinski definition) is 2. The number of likely N-dealkylation sites (tertiary alicyclic amines) is 1. The van der Waals surface area contributed by atoms with E-state index in [1.165, 1.54) is 24.3 Å². The van der Waals surface area contributed by atoms with Crippen molar-refractivity contribution in [3.63, 3.8) is 0 Å². The molecule has 1 aliphatic rings. The van der Waals surface area contributed by atoms with Gasteiger partial charge in [-0.1, -0.05) is 18.2 Å². The second-order valence-electron chi connectivity index (χ2n) is 7.33. The number of hydrogen-bond acceptors (Lipinski definition) is 3. The molecule has 7 heteroatoms. The smallest absolute Gasteiger partial charge is 0.258 e. The molecular formula is C22H24FN3O3. The summed E-state index contributed by atoms with van der Waals surface area (Å²) in [4.78, 5) is 39.3. The lowest BCUT2D eigenvalue weighted by Gasteiger charge is -2.25. The molecule has 0 aliphatic carbocycles. The molecule has 1 atom stereocenters. The van der Waals surface area contributed by atoms with Gasteiger partial charge < -0.3 is 15.5 Å². The molecule has 29 heavy (non-hydrogen) atoms. The Morgan fingerprint density at radius 2 is 1.86 bits per heavy atom. The Bertz CT molecular complexity index is 929. The second-order valence-corrected chi connectivity index (χ2v) is 7.33. The average molecular weight is 397 g/mol. The van der Waals surface area contributed by atoms with E-state index in [0.717, 1.165) is 6.42 Å². The minimum absolute atomic E-state index is 0.00280. The number of carbonyl (C=O) groups excluding carboxylic acids is 3. The van der Waals surface area contributed by atoms with Crippen molar-refractivity contribution in [1.29, 1.82) is 0 Å². The number of anilines is 1. The van der Waals surface area contributed by atoms with E-state index in [2.05, 4.69) is 10.6 Å². The van der Waals surface area contributed by atoms with Crippen molar-refractivity contribution < 1.29 is 18.8 Å². The fourth-order valence-electron chi connectivity index (χ4n) is 3.40. The minimum Gasteiger partial charge on any atom is -0.352 e. The summed E-state index contributed by atoms with van der Waals surface area (Å²) in [6.45, 7) is 4.25. The molecule has 0 saturated carbocycles.